The topological polar surface area (TPSA) is 26.2 Å². The van der Waals surface area contributed by atoms with Gasteiger partial charge < -0.3 is 18.5 Å². The van der Waals surface area contributed by atoms with E-state index in [1.165, 1.54) is 71.5 Å². The lowest BCUT2D eigenvalue weighted by Crippen LogP contribution is -2.16. The molecule has 0 bridgehead atoms. The summed E-state index contributed by atoms with van der Waals surface area (Å²) in [5.41, 5.74) is 19.7. The van der Waals surface area contributed by atoms with Crippen molar-refractivity contribution in [2.24, 2.45) is 0 Å². The smallest absolute Gasteiger partial charge is 0.137 e. The van der Waals surface area contributed by atoms with Crippen LogP contribution in [-0.2, 0) is 5.41 Å². The van der Waals surface area contributed by atoms with Gasteiger partial charge in [0.15, 0.2) is 0 Å². The molecule has 0 amide bonds. The maximum atomic E-state index is 6.43. The van der Waals surface area contributed by atoms with Crippen molar-refractivity contribution in [1.82, 2.24) is 9.13 Å². The Hall–Kier alpha value is -8.60. The first-order chi connectivity index (χ1) is 33.0. The van der Waals surface area contributed by atoms with Crippen molar-refractivity contribution in [3.05, 3.63) is 236 Å². The predicted octanol–water partition coefficient (Wildman–Crippen LogP) is 17.2. The highest BCUT2D eigenvalue weighted by atomic mass is 16.3. The maximum absolute atomic E-state index is 6.43. The summed E-state index contributed by atoms with van der Waals surface area (Å²) in [4.78, 5) is 2.41. The van der Waals surface area contributed by atoms with Gasteiger partial charge in [0, 0.05) is 60.8 Å². The zero-order chi connectivity index (χ0) is 44.4. The molecule has 3 heterocycles. The van der Waals surface area contributed by atoms with Gasteiger partial charge in [-0.25, -0.2) is 0 Å². The number of furan rings is 1. The van der Waals surface area contributed by atoms with Crippen LogP contribution in [0.2, 0.25) is 0 Å². The minimum Gasteiger partial charge on any atom is -0.456 e. The Labute approximate surface area is 387 Å². The van der Waals surface area contributed by atoms with Gasteiger partial charge >= 0.3 is 0 Å². The summed E-state index contributed by atoms with van der Waals surface area (Å²) in [6, 6.07) is 81.9. The van der Waals surface area contributed by atoms with E-state index in [-0.39, 0.29) is 5.41 Å². The van der Waals surface area contributed by atoms with Crippen molar-refractivity contribution >= 4 is 82.6 Å². The van der Waals surface area contributed by atoms with Gasteiger partial charge in [0.05, 0.1) is 27.5 Å². The molecular formula is C63H43N3O. The third kappa shape index (κ3) is 5.54. The number of benzene rings is 10. The van der Waals surface area contributed by atoms with Crippen molar-refractivity contribution in [3.8, 4) is 33.6 Å². The third-order valence-corrected chi connectivity index (χ3v) is 14.5. The molecule has 0 atom stereocenters. The highest BCUT2D eigenvalue weighted by Crippen LogP contribution is 2.51. The van der Waals surface area contributed by atoms with Crippen LogP contribution < -0.4 is 4.90 Å². The number of nitrogens with zero attached hydrogens (tertiary/aromatic N) is 3. The molecular weight excluding hydrogens is 815 g/mol. The predicted molar refractivity (Wildman–Crippen MR) is 280 cm³/mol. The molecule has 4 heteroatoms. The van der Waals surface area contributed by atoms with Gasteiger partial charge in [0.2, 0.25) is 0 Å². The molecule has 0 radical (unpaired) electrons. The van der Waals surface area contributed by atoms with Crippen molar-refractivity contribution < 1.29 is 4.42 Å². The van der Waals surface area contributed by atoms with Crippen LogP contribution in [0.15, 0.2) is 229 Å². The minimum absolute atomic E-state index is 0.136. The first-order valence-electron chi connectivity index (χ1n) is 23.2. The average Bonchev–Trinajstić information content (AvgIpc) is 4.10. The molecule has 0 N–H and O–H groups in total. The van der Waals surface area contributed by atoms with Crippen molar-refractivity contribution in [1.29, 1.82) is 0 Å². The summed E-state index contributed by atoms with van der Waals surface area (Å²) in [5.74, 6) is 0. The molecule has 10 aromatic carbocycles. The van der Waals surface area contributed by atoms with E-state index in [1.54, 1.807) is 0 Å². The van der Waals surface area contributed by atoms with Gasteiger partial charge in [-0.2, -0.15) is 0 Å². The van der Waals surface area contributed by atoms with E-state index < -0.39 is 0 Å². The number of rotatable bonds is 6. The molecule has 1 aliphatic carbocycles. The molecule has 0 aliphatic heterocycles. The Bertz CT molecular complexity index is 4110. The van der Waals surface area contributed by atoms with E-state index in [4.69, 9.17) is 4.42 Å². The van der Waals surface area contributed by atoms with Gasteiger partial charge in [-0.05, 0) is 137 Å². The standard InChI is InChI=1S/C63H43N3O/c1-63(2)54-20-10-6-16-47(54)48-34-33-46(39-55(48)63)64(43-27-24-40(25-28-43)41-26-36-58-53(38-41)50-18-8-11-21-56(50)65(58)42-14-4-3-5-15-42)44-29-31-45(32-30-44)66-57-22-12-7-17-49(57)51-35-37-60-61(62(51)66)52-19-9-13-23-59(52)67-60/h3-39H,1-2H3. The molecule has 0 saturated carbocycles. The fourth-order valence-corrected chi connectivity index (χ4v) is 11.4. The van der Waals surface area contributed by atoms with E-state index in [1.807, 2.05) is 6.07 Å². The lowest BCUT2D eigenvalue weighted by atomic mass is 9.82. The first kappa shape index (κ1) is 37.7. The number of anilines is 3. The summed E-state index contributed by atoms with van der Waals surface area (Å²) in [6.07, 6.45) is 0. The number of fused-ring (bicyclic) bond motifs is 13. The zero-order valence-electron chi connectivity index (χ0n) is 37.1. The van der Waals surface area contributed by atoms with Gasteiger partial charge in [-0.1, -0.05) is 135 Å². The maximum Gasteiger partial charge on any atom is 0.137 e. The number of aromatic nitrogens is 2. The summed E-state index contributed by atoms with van der Waals surface area (Å²) in [5, 5.41) is 7.19. The van der Waals surface area contributed by atoms with E-state index in [2.05, 4.69) is 246 Å². The molecule has 3 aromatic heterocycles. The second kappa shape index (κ2) is 14.2. The van der Waals surface area contributed by atoms with E-state index >= 15 is 0 Å². The van der Waals surface area contributed by atoms with Crippen molar-refractivity contribution in [3.63, 3.8) is 0 Å². The van der Waals surface area contributed by atoms with Gasteiger partial charge in [-0.3, -0.25) is 0 Å². The highest BCUT2D eigenvalue weighted by molar-refractivity contribution is 6.24. The fourth-order valence-electron chi connectivity index (χ4n) is 11.4. The summed E-state index contributed by atoms with van der Waals surface area (Å²) in [7, 11) is 0. The second-order valence-corrected chi connectivity index (χ2v) is 18.5. The van der Waals surface area contributed by atoms with Crippen LogP contribution in [-0.4, -0.2) is 9.13 Å². The van der Waals surface area contributed by atoms with E-state index in [9.17, 15) is 0 Å². The lowest BCUT2D eigenvalue weighted by molar-refractivity contribution is 0.660. The van der Waals surface area contributed by atoms with Crippen molar-refractivity contribution in [2.45, 2.75) is 19.3 Å². The molecule has 13 aromatic rings. The molecule has 1 aliphatic rings. The summed E-state index contributed by atoms with van der Waals surface area (Å²) in [6.45, 7) is 4.71. The molecule has 0 fully saturated rings. The monoisotopic (exact) mass is 857 g/mol. The van der Waals surface area contributed by atoms with Crippen LogP contribution in [0.3, 0.4) is 0 Å². The lowest BCUT2D eigenvalue weighted by Gasteiger charge is -2.28. The Morgan fingerprint density at radius 3 is 1.75 bits per heavy atom. The van der Waals surface area contributed by atoms with Crippen molar-refractivity contribution in [2.75, 3.05) is 4.90 Å². The Morgan fingerprint density at radius 1 is 0.373 bits per heavy atom. The molecule has 316 valence electrons. The Kier molecular flexibility index (Phi) is 8.00. The SMILES string of the molecule is CC1(C)c2ccccc2-c2ccc(N(c3ccc(-c4ccc5c(c4)c4ccccc4n5-c4ccccc4)cc3)c3ccc(-n4c5ccccc5c5ccc6oc7ccccc7c6c54)cc3)cc21. The van der Waals surface area contributed by atoms with Crippen LogP contribution in [0, 0.1) is 0 Å². The fraction of sp³-hybridized carbons (Fsp3) is 0.0476. The first-order valence-corrected chi connectivity index (χ1v) is 23.2. The Balaban J connectivity index is 0.912. The summed E-state index contributed by atoms with van der Waals surface area (Å²) >= 11 is 0. The largest absolute Gasteiger partial charge is 0.456 e. The molecule has 0 saturated heterocycles. The zero-order valence-corrected chi connectivity index (χ0v) is 37.1. The number of hydrogen-bond donors (Lipinski definition) is 0. The summed E-state index contributed by atoms with van der Waals surface area (Å²) < 4.78 is 11.2. The van der Waals surface area contributed by atoms with Crippen LogP contribution >= 0.6 is 0 Å². The molecule has 67 heavy (non-hydrogen) atoms. The molecule has 14 rings (SSSR count). The number of para-hydroxylation sites is 4. The average molecular weight is 858 g/mol. The van der Waals surface area contributed by atoms with Gasteiger partial charge in [-0.15, -0.1) is 0 Å². The van der Waals surface area contributed by atoms with E-state index in [0.29, 0.717) is 0 Å². The van der Waals surface area contributed by atoms with Crippen LogP contribution in [0.1, 0.15) is 25.0 Å². The quantitative estimate of drug-likeness (QED) is 0.167. The third-order valence-electron chi connectivity index (χ3n) is 14.5. The molecule has 0 unspecified atom stereocenters. The minimum atomic E-state index is -0.136. The van der Waals surface area contributed by atoms with E-state index in [0.717, 1.165) is 55.9 Å². The van der Waals surface area contributed by atoms with Gasteiger partial charge in [0.1, 0.15) is 11.2 Å². The van der Waals surface area contributed by atoms with Crippen LogP contribution in [0.5, 0.6) is 0 Å². The Morgan fingerprint density at radius 2 is 0.955 bits per heavy atom. The number of hydrogen-bond acceptors (Lipinski definition) is 2. The normalized spacial score (nSPS) is 13.0. The van der Waals surface area contributed by atoms with Crippen LogP contribution in [0.4, 0.5) is 17.1 Å². The highest BCUT2D eigenvalue weighted by Gasteiger charge is 2.36. The molecule has 4 nitrogen and oxygen atoms in total. The van der Waals surface area contributed by atoms with Crippen LogP contribution in [0.25, 0.3) is 99.2 Å². The van der Waals surface area contributed by atoms with Gasteiger partial charge in [0.25, 0.3) is 0 Å². The molecule has 0 spiro atoms. The second-order valence-electron chi connectivity index (χ2n) is 18.5.